The third kappa shape index (κ3) is 1.77. The van der Waals surface area contributed by atoms with Gasteiger partial charge >= 0.3 is 0 Å². The number of fused-ring (bicyclic) bond motifs is 1. The Hall–Kier alpha value is -1.87. The van der Waals surface area contributed by atoms with Crippen molar-refractivity contribution < 1.29 is 0 Å². The van der Waals surface area contributed by atoms with E-state index in [-0.39, 0.29) is 11.6 Å². The fourth-order valence-corrected chi connectivity index (χ4v) is 3.18. The molecule has 3 aromatic rings. The average molecular weight is 255 g/mol. The van der Waals surface area contributed by atoms with E-state index in [1.165, 1.54) is 11.5 Å². The number of benzene rings is 2. The van der Waals surface area contributed by atoms with Crippen LogP contribution in [0.25, 0.3) is 10.1 Å². The molecule has 0 N–H and O–H groups in total. The van der Waals surface area contributed by atoms with Crippen molar-refractivity contribution in [3.05, 3.63) is 70.5 Å². The monoisotopic (exact) mass is 255 g/mol. The third-order valence-electron chi connectivity index (χ3n) is 3.15. The lowest BCUT2D eigenvalue weighted by molar-refractivity contribution is 0.678. The lowest BCUT2D eigenvalue weighted by atomic mass is 10.1. The summed E-state index contributed by atoms with van der Waals surface area (Å²) in [5.41, 5.74) is 1.26. The summed E-state index contributed by atoms with van der Waals surface area (Å²) in [6.07, 6.45) is 0. The van der Waals surface area contributed by atoms with Crippen LogP contribution in [0.2, 0.25) is 0 Å². The fraction of sp³-hybridized carbons (Fsp3) is 0.133. The third-order valence-corrected chi connectivity index (χ3v) is 4.38. The maximum absolute atomic E-state index is 12.3. The van der Waals surface area contributed by atoms with Crippen molar-refractivity contribution in [2.24, 2.45) is 0 Å². The van der Waals surface area contributed by atoms with Gasteiger partial charge in [-0.05, 0) is 24.6 Å². The Morgan fingerprint density at radius 1 is 1.00 bits per heavy atom. The molecular formula is C15H13NOS. The van der Waals surface area contributed by atoms with E-state index in [4.69, 9.17) is 0 Å². The van der Waals surface area contributed by atoms with Crippen LogP contribution in [0, 0.1) is 0 Å². The van der Waals surface area contributed by atoms with Crippen LogP contribution >= 0.6 is 11.5 Å². The normalized spacial score (nSPS) is 12.7. The highest BCUT2D eigenvalue weighted by Crippen LogP contribution is 2.23. The molecule has 2 aromatic carbocycles. The lowest BCUT2D eigenvalue weighted by Crippen LogP contribution is -2.17. The number of aromatic nitrogens is 1. The van der Waals surface area contributed by atoms with Gasteiger partial charge in [-0.3, -0.25) is 8.75 Å². The summed E-state index contributed by atoms with van der Waals surface area (Å²) < 4.78 is 2.89. The van der Waals surface area contributed by atoms with E-state index in [1.807, 2.05) is 46.4 Å². The Labute approximate surface area is 109 Å². The van der Waals surface area contributed by atoms with Crippen molar-refractivity contribution in [3.63, 3.8) is 0 Å². The van der Waals surface area contributed by atoms with Gasteiger partial charge in [0.25, 0.3) is 5.56 Å². The zero-order chi connectivity index (χ0) is 12.5. The molecule has 3 heteroatoms. The van der Waals surface area contributed by atoms with Crippen LogP contribution < -0.4 is 5.56 Å². The Bertz CT molecular complexity index is 727. The average Bonchev–Trinajstić information content (AvgIpc) is 2.77. The first kappa shape index (κ1) is 11.2. The molecule has 0 unspecified atom stereocenters. The van der Waals surface area contributed by atoms with Crippen molar-refractivity contribution >= 4 is 21.6 Å². The highest BCUT2D eigenvalue weighted by atomic mass is 32.1. The van der Waals surface area contributed by atoms with Gasteiger partial charge in [0.15, 0.2) is 0 Å². The van der Waals surface area contributed by atoms with E-state index >= 15 is 0 Å². The van der Waals surface area contributed by atoms with Crippen molar-refractivity contribution in [1.29, 1.82) is 0 Å². The van der Waals surface area contributed by atoms with Crippen LogP contribution in [0.3, 0.4) is 0 Å². The van der Waals surface area contributed by atoms with Gasteiger partial charge in [0.05, 0.1) is 16.1 Å². The van der Waals surface area contributed by atoms with Gasteiger partial charge in [0.2, 0.25) is 0 Å². The molecule has 0 bridgehead atoms. The van der Waals surface area contributed by atoms with Crippen molar-refractivity contribution in [2.75, 3.05) is 0 Å². The molecule has 18 heavy (non-hydrogen) atoms. The smallest absolute Gasteiger partial charge is 0.268 e. The predicted molar refractivity (Wildman–Crippen MR) is 76.3 cm³/mol. The zero-order valence-electron chi connectivity index (χ0n) is 10.0. The van der Waals surface area contributed by atoms with Gasteiger partial charge in [-0.2, -0.15) is 0 Å². The molecule has 1 heterocycles. The first-order valence-corrected chi connectivity index (χ1v) is 6.70. The standard InChI is InChI=1S/C15H13NOS/c1-11(12-7-3-2-4-8-12)16-15(17)13-9-5-6-10-14(13)18-16/h2-11H,1H3/t11-/m0/s1. The molecule has 1 aromatic heterocycles. The fourth-order valence-electron chi connectivity index (χ4n) is 2.11. The SMILES string of the molecule is C[C@@H](c1ccccc1)n1sc2ccccc2c1=O. The van der Waals surface area contributed by atoms with Crippen molar-refractivity contribution in [3.8, 4) is 0 Å². The van der Waals surface area contributed by atoms with E-state index in [0.29, 0.717) is 0 Å². The second-order valence-corrected chi connectivity index (χ2v) is 5.32. The summed E-state index contributed by atoms with van der Waals surface area (Å²) in [4.78, 5) is 12.3. The topological polar surface area (TPSA) is 22.0 Å². The van der Waals surface area contributed by atoms with E-state index in [2.05, 4.69) is 19.1 Å². The van der Waals surface area contributed by atoms with E-state index in [1.54, 1.807) is 0 Å². The van der Waals surface area contributed by atoms with Gasteiger partial charge in [-0.1, -0.05) is 54.0 Å². The molecule has 0 aliphatic rings. The Morgan fingerprint density at radius 3 is 2.39 bits per heavy atom. The second-order valence-electron chi connectivity index (χ2n) is 4.31. The van der Waals surface area contributed by atoms with Gasteiger partial charge in [0.1, 0.15) is 0 Å². The summed E-state index contributed by atoms with van der Waals surface area (Å²) in [7, 11) is 0. The molecule has 0 saturated heterocycles. The van der Waals surface area contributed by atoms with E-state index in [0.717, 1.165) is 15.6 Å². The summed E-state index contributed by atoms with van der Waals surface area (Å²) in [5, 5.41) is 0.810. The predicted octanol–water partition coefficient (Wildman–Crippen LogP) is 3.67. The number of nitrogens with zero attached hydrogens (tertiary/aromatic N) is 1. The minimum Gasteiger partial charge on any atom is -0.268 e. The summed E-state index contributed by atoms with van der Waals surface area (Å²) in [6.45, 7) is 2.06. The van der Waals surface area contributed by atoms with Crippen LogP contribution in [0.4, 0.5) is 0 Å². The maximum atomic E-state index is 12.3. The molecule has 0 aliphatic heterocycles. The lowest BCUT2D eigenvalue weighted by Gasteiger charge is -2.11. The maximum Gasteiger partial charge on any atom is 0.269 e. The van der Waals surface area contributed by atoms with Crippen LogP contribution in [0.5, 0.6) is 0 Å². The summed E-state index contributed by atoms with van der Waals surface area (Å²) in [5.74, 6) is 0. The molecule has 0 spiro atoms. The highest BCUT2D eigenvalue weighted by Gasteiger charge is 2.13. The number of hydrogen-bond acceptors (Lipinski definition) is 2. The number of rotatable bonds is 2. The Morgan fingerprint density at radius 2 is 1.67 bits per heavy atom. The second kappa shape index (κ2) is 4.42. The van der Waals surface area contributed by atoms with E-state index in [9.17, 15) is 4.79 Å². The molecule has 3 rings (SSSR count). The van der Waals surface area contributed by atoms with Crippen LogP contribution in [0.15, 0.2) is 59.4 Å². The molecule has 90 valence electrons. The largest absolute Gasteiger partial charge is 0.269 e. The summed E-state index contributed by atoms with van der Waals surface area (Å²) in [6, 6.07) is 18.0. The van der Waals surface area contributed by atoms with Crippen LogP contribution in [0.1, 0.15) is 18.5 Å². The van der Waals surface area contributed by atoms with Crippen LogP contribution in [-0.2, 0) is 0 Å². The summed E-state index contributed by atoms with van der Waals surface area (Å²) >= 11 is 1.53. The Kier molecular flexibility index (Phi) is 2.76. The number of hydrogen-bond donors (Lipinski definition) is 0. The molecule has 2 nitrogen and oxygen atoms in total. The molecule has 0 fully saturated rings. The molecule has 1 atom stereocenters. The first-order chi connectivity index (χ1) is 8.77. The molecule has 0 radical (unpaired) electrons. The molecule has 0 amide bonds. The molecule has 0 saturated carbocycles. The highest BCUT2D eigenvalue weighted by molar-refractivity contribution is 7.13. The first-order valence-electron chi connectivity index (χ1n) is 5.93. The zero-order valence-corrected chi connectivity index (χ0v) is 10.9. The van der Waals surface area contributed by atoms with Crippen molar-refractivity contribution in [1.82, 2.24) is 3.96 Å². The van der Waals surface area contributed by atoms with E-state index < -0.39 is 0 Å². The van der Waals surface area contributed by atoms with Gasteiger partial charge < -0.3 is 0 Å². The molecule has 0 aliphatic carbocycles. The van der Waals surface area contributed by atoms with Crippen LogP contribution in [-0.4, -0.2) is 3.96 Å². The van der Waals surface area contributed by atoms with Gasteiger partial charge in [-0.25, -0.2) is 0 Å². The Balaban J connectivity index is 2.15. The van der Waals surface area contributed by atoms with Gasteiger partial charge in [-0.15, -0.1) is 0 Å². The van der Waals surface area contributed by atoms with Gasteiger partial charge in [0, 0.05) is 0 Å². The quantitative estimate of drug-likeness (QED) is 0.684. The minimum atomic E-state index is 0.0797. The molecular weight excluding hydrogens is 242 g/mol. The van der Waals surface area contributed by atoms with Crippen molar-refractivity contribution in [2.45, 2.75) is 13.0 Å². The minimum absolute atomic E-state index is 0.0797.